The number of hydrogen-bond donors (Lipinski definition) is 1. The van der Waals surface area contributed by atoms with E-state index in [1.807, 2.05) is 6.92 Å². The lowest BCUT2D eigenvalue weighted by atomic mass is 10.0. The Morgan fingerprint density at radius 1 is 1.43 bits per heavy atom. The minimum atomic E-state index is -4.05. The first kappa shape index (κ1) is 13.5. The first-order valence-electron chi connectivity index (χ1n) is 4.79. The van der Waals surface area contributed by atoms with Gasteiger partial charge in [-0.15, -0.1) is 0 Å². The second-order valence-electron chi connectivity index (χ2n) is 3.45. The third-order valence-corrected chi connectivity index (χ3v) is 2.22. The average Bonchev–Trinajstić information content (AvgIpc) is 2.10. The lowest BCUT2D eigenvalue weighted by molar-refractivity contribution is -0.136. The first-order valence-corrected chi connectivity index (χ1v) is 4.79. The second kappa shape index (κ2) is 6.06. The van der Waals surface area contributed by atoms with Crippen molar-refractivity contribution < 1.29 is 13.2 Å². The zero-order chi connectivity index (χ0) is 11.2. The van der Waals surface area contributed by atoms with Crippen molar-refractivity contribution in [1.29, 1.82) is 0 Å². The summed E-state index contributed by atoms with van der Waals surface area (Å²) in [4.78, 5) is 0. The average molecular weight is 209 g/mol. The van der Waals surface area contributed by atoms with Gasteiger partial charge in [0.15, 0.2) is 0 Å². The van der Waals surface area contributed by atoms with Gasteiger partial charge in [0.1, 0.15) is 0 Å². The zero-order valence-corrected chi connectivity index (χ0v) is 8.75. The van der Waals surface area contributed by atoms with Crippen LogP contribution in [0.2, 0.25) is 0 Å². The van der Waals surface area contributed by atoms with E-state index < -0.39 is 12.6 Å². The smallest absolute Gasteiger partial charge is 0.317 e. The number of rotatable bonds is 6. The Kier molecular flexibility index (Phi) is 5.84. The minimum Gasteiger partial charge on any atom is -0.317 e. The van der Waals surface area contributed by atoms with Crippen LogP contribution in [-0.2, 0) is 0 Å². The number of nitrogens with one attached hydrogen (secondary N) is 1. The van der Waals surface area contributed by atoms with E-state index in [1.54, 1.807) is 7.05 Å². The molecular formula is C10H18F3N. The first-order chi connectivity index (χ1) is 6.39. The Morgan fingerprint density at radius 2 is 2.00 bits per heavy atom. The molecule has 0 bridgehead atoms. The van der Waals surface area contributed by atoms with Crippen molar-refractivity contribution in [3.05, 3.63) is 12.2 Å². The molecule has 0 amide bonds. The predicted octanol–water partition coefficient (Wildman–Crippen LogP) is 3.27. The fourth-order valence-electron chi connectivity index (χ4n) is 1.18. The summed E-state index contributed by atoms with van der Waals surface area (Å²) in [6, 6.07) is -0.107. The van der Waals surface area contributed by atoms with E-state index in [-0.39, 0.29) is 12.5 Å². The van der Waals surface area contributed by atoms with E-state index in [2.05, 4.69) is 11.9 Å². The quantitative estimate of drug-likeness (QED) is 0.662. The molecule has 0 fully saturated rings. The highest BCUT2D eigenvalue weighted by molar-refractivity contribution is 4.96. The van der Waals surface area contributed by atoms with Crippen molar-refractivity contribution in [3.63, 3.8) is 0 Å². The molecule has 1 atom stereocenters. The SMILES string of the molecule is C=C(CC)CC(CCC(F)(F)F)NC. The molecule has 4 heteroatoms. The summed E-state index contributed by atoms with van der Waals surface area (Å²) in [5, 5.41) is 2.88. The van der Waals surface area contributed by atoms with Gasteiger partial charge in [-0.3, -0.25) is 0 Å². The summed E-state index contributed by atoms with van der Waals surface area (Å²) in [5.41, 5.74) is 0.992. The van der Waals surface area contributed by atoms with Gasteiger partial charge in [-0.1, -0.05) is 19.1 Å². The van der Waals surface area contributed by atoms with Gasteiger partial charge in [0.05, 0.1) is 0 Å². The third kappa shape index (κ3) is 6.95. The Bertz CT molecular complexity index is 175. The summed E-state index contributed by atoms with van der Waals surface area (Å²) in [6.07, 6.45) is -3.20. The molecule has 0 aromatic rings. The van der Waals surface area contributed by atoms with Crippen LogP contribution in [0.15, 0.2) is 12.2 Å². The van der Waals surface area contributed by atoms with Crippen molar-refractivity contribution in [2.75, 3.05) is 7.05 Å². The highest BCUT2D eigenvalue weighted by Crippen LogP contribution is 2.23. The van der Waals surface area contributed by atoms with Crippen LogP contribution in [0.1, 0.15) is 32.6 Å². The molecule has 0 radical (unpaired) electrons. The van der Waals surface area contributed by atoms with Crippen molar-refractivity contribution in [1.82, 2.24) is 5.32 Å². The Labute approximate surface area is 83.4 Å². The molecule has 1 N–H and O–H groups in total. The molecular weight excluding hydrogens is 191 g/mol. The molecule has 0 aromatic heterocycles. The summed E-state index contributed by atoms with van der Waals surface area (Å²) in [5.74, 6) is 0. The van der Waals surface area contributed by atoms with Crippen LogP contribution in [0.5, 0.6) is 0 Å². The van der Waals surface area contributed by atoms with Crippen LogP contribution in [0.3, 0.4) is 0 Å². The van der Waals surface area contributed by atoms with Crippen molar-refractivity contribution >= 4 is 0 Å². The number of halogens is 3. The zero-order valence-electron chi connectivity index (χ0n) is 8.75. The highest BCUT2D eigenvalue weighted by Gasteiger charge is 2.27. The minimum absolute atomic E-state index is 0.107. The molecule has 1 unspecified atom stereocenters. The van der Waals surface area contributed by atoms with Crippen LogP contribution in [0.25, 0.3) is 0 Å². The standard InChI is InChI=1S/C10H18F3N/c1-4-8(2)7-9(14-3)5-6-10(11,12)13/h9,14H,2,4-7H2,1,3H3. The van der Waals surface area contributed by atoms with Gasteiger partial charge in [0, 0.05) is 12.5 Å². The third-order valence-electron chi connectivity index (χ3n) is 2.22. The van der Waals surface area contributed by atoms with Gasteiger partial charge in [-0.05, 0) is 26.3 Å². The lowest BCUT2D eigenvalue weighted by Gasteiger charge is -2.17. The molecule has 0 aromatic carbocycles. The summed E-state index contributed by atoms with van der Waals surface area (Å²) in [7, 11) is 1.68. The molecule has 0 aliphatic heterocycles. The maximum Gasteiger partial charge on any atom is 0.389 e. The molecule has 0 saturated carbocycles. The fraction of sp³-hybridized carbons (Fsp3) is 0.800. The van der Waals surface area contributed by atoms with E-state index in [1.165, 1.54) is 0 Å². The summed E-state index contributed by atoms with van der Waals surface area (Å²) >= 11 is 0. The number of alkyl halides is 3. The molecule has 0 aliphatic rings. The van der Waals surface area contributed by atoms with Crippen LogP contribution in [-0.4, -0.2) is 19.3 Å². The van der Waals surface area contributed by atoms with Crippen molar-refractivity contribution in [3.8, 4) is 0 Å². The van der Waals surface area contributed by atoms with Crippen LogP contribution >= 0.6 is 0 Å². The fourth-order valence-corrected chi connectivity index (χ4v) is 1.18. The van der Waals surface area contributed by atoms with Crippen LogP contribution < -0.4 is 5.32 Å². The molecule has 0 spiro atoms. The van der Waals surface area contributed by atoms with E-state index in [0.717, 1.165) is 12.0 Å². The predicted molar refractivity (Wildman–Crippen MR) is 52.2 cm³/mol. The normalized spacial score (nSPS) is 14.1. The molecule has 0 aliphatic carbocycles. The maximum absolute atomic E-state index is 11.9. The Morgan fingerprint density at radius 3 is 2.36 bits per heavy atom. The Hall–Kier alpha value is -0.510. The molecule has 0 heterocycles. The molecule has 14 heavy (non-hydrogen) atoms. The van der Waals surface area contributed by atoms with Gasteiger partial charge in [-0.2, -0.15) is 13.2 Å². The van der Waals surface area contributed by atoms with Crippen LogP contribution in [0.4, 0.5) is 13.2 Å². The van der Waals surface area contributed by atoms with Crippen LogP contribution in [0, 0.1) is 0 Å². The van der Waals surface area contributed by atoms with E-state index >= 15 is 0 Å². The van der Waals surface area contributed by atoms with Gasteiger partial charge in [0.2, 0.25) is 0 Å². The van der Waals surface area contributed by atoms with Crippen molar-refractivity contribution in [2.45, 2.75) is 44.8 Å². The topological polar surface area (TPSA) is 12.0 Å². The summed E-state index contributed by atoms with van der Waals surface area (Å²) in [6.45, 7) is 5.74. The lowest BCUT2D eigenvalue weighted by Crippen LogP contribution is -2.27. The van der Waals surface area contributed by atoms with Crippen molar-refractivity contribution in [2.24, 2.45) is 0 Å². The van der Waals surface area contributed by atoms with Gasteiger partial charge < -0.3 is 5.32 Å². The van der Waals surface area contributed by atoms with Gasteiger partial charge >= 0.3 is 6.18 Å². The van der Waals surface area contributed by atoms with E-state index in [0.29, 0.717) is 6.42 Å². The Balaban J connectivity index is 3.86. The molecule has 0 rings (SSSR count). The number of hydrogen-bond acceptors (Lipinski definition) is 1. The molecule has 1 nitrogen and oxygen atoms in total. The second-order valence-corrected chi connectivity index (χ2v) is 3.45. The van der Waals surface area contributed by atoms with Gasteiger partial charge in [-0.25, -0.2) is 0 Å². The summed E-state index contributed by atoms with van der Waals surface area (Å²) < 4.78 is 35.8. The van der Waals surface area contributed by atoms with E-state index in [9.17, 15) is 13.2 Å². The van der Waals surface area contributed by atoms with Gasteiger partial charge in [0.25, 0.3) is 0 Å². The maximum atomic E-state index is 11.9. The molecule has 84 valence electrons. The van der Waals surface area contributed by atoms with E-state index in [4.69, 9.17) is 0 Å². The largest absolute Gasteiger partial charge is 0.389 e. The monoisotopic (exact) mass is 209 g/mol. The molecule has 0 saturated heterocycles. The highest BCUT2D eigenvalue weighted by atomic mass is 19.4.